The predicted molar refractivity (Wildman–Crippen MR) is 124 cm³/mol. The third kappa shape index (κ3) is 11.5. The second-order valence-electron chi connectivity index (χ2n) is 10.3. The average Bonchev–Trinajstić information content (AvgIpc) is 3.04. The van der Waals surface area contributed by atoms with Crippen LogP contribution in [0.3, 0.4) is 0 Å². The molecule has 0 saturated carbocycles. The number of hydrogen-bond donors (Lipinski definition) is 0. The molecule has 0 unspecified atom stereocenters. The van der Waals surface area contributed by atoms with Gasteiger partial charge in [0, 0.05) is 26.7 Å². The van der Waals surface area contributed by atoms with E-state index in [9.17, 15) is 38.4 Å². The van der Waals surface area contributed by atoms with Gasteiger partial charge in [0.25, 0.3) is 11.8 Å². The summed E-state index contributed by atoms with van der Waals surface area (Å²) in [7, 11) is 0. The number of esters is 5. The van der Waals surface area contributed by atoms with Crippen molar-refractivity contribution in [2.45, 2.75) is 104 Å². The maximum atomic E-state index is 13.1. The minimum Gasteiger partial charge on any atom is -0.460 e. The predicted octanol–water partition coefficient (Wildman–Crippen LogP) is 0.442. The van der Waals surface area contributed by atoms with Crippen molar-refractivity contribution in [1.29, 1.82) is 0 Å². The lowest BCUT2D eigenvalue weighted by Crippen LogP contribution is -2.50. The van der Waals surface area contributed by atoms with E-state index in [1.54, 1.807) is 20.8 Å². The van der Waals surface area contributed by atoms with Crippen LogP contribution >= 0.6 is 0 Å². The van der Waals surface area contributed by atoms with E-state index >= 15 is 0 Å². The molecule has 1 heterocycles. The molecule has 2 amide bonds. The fraction of sp³-hybridized carbons (Fsp3) is 0.667. The van der Waals surface area contributed by atoms with Crippen LogP contribution in [0.5, 0.6) is 0 Å². The van der Waals surface area contributed by atoms with Gasteiger partial charge in [0.1, 0.15) is 11.2 Å². The molecule has 0 aromatic heterocycles. The first kappa shape index (κ1) is 33.0. The third-order valence-electron chi connectivity index (χ3n) is 4.21. The van der Waals surface area contributed by atoms with Gasteiger partial charge < -0.3 is 28.5 Å². The van der Waals surface area contributed by atoms with E-state index in [0.717, 1.165) is 13.8 Å². The highest BCUT2D eigenvalue weighted by atomic mass is 16.7. The molecule has 1 aliphatic heterocycles. The molecule has 15 heteroatoms. The van der Waals surface area contributed by atoms with E-state index in [1.165, 1.54) is 20.8 Å². The van der Waals surface area contributed by atoms with Crippen molar-refractivity contribution >= 4 is 47.6 Å². The normalized spacial score (nSPS) is 15.9. The number of carbonyl (C=O) groups is 8. The quantitative estimate of drug-likeness (QED) is 0.203. The van der Waals surface area contributed by atoms with Crippen LogP contribution in [0.25, 0.3) is 0 Å². The van der Waals surface area contributed by atoms with E-state index in [0.29, 0.717) is 0 Å². The summed E-state index contributed by atoms with van der Waals surface area (Å²) in [5.41, 5.74) is -2.04. The molecule has 1 saturated heterocycles. The molecule has 3 atom stereocenters. The molecule has 0 N–H and O–H groups in total. The summed E-state index contributed by atoms with van der Waals surface area (Å²) in [6.45, 7) is 10.9. The number of rotatable bonds is 10. The highest BCUT2D eigenvalue weighted by molar-refractivity contribution is 6.02. The van der Waals surface area contributed by atoms with Gasteiger partial charge in [-0.3, -0.25) is 24.0 Å². The zero-order chi connectivity index (χ0) is 30.3. The van der Waals surface area contributed by atoms with Gasteiger partial charge in [0.2, 0.25) is 18.3 Å². The Labute approximate surface area is 224 Å². The van der Waals surface area contributed by atoms with Gasteiger partial charge in [-0.15, -0.1) is 5.06 Å². The zero-order valence-corrected chi connectivity index (χ0v) is 23.0. The molecule has 0 aliphatic carbocycles. The highest BCUT2D eigenvalue weighted by Gasteiger charge is 2.46. The Morgan fingerprint density at radius 2 is 1.13 bits per heavy atom. The first-order chi connectivity index (χ1) is 17.7. The van der Waals surface area contributed by atoms with Crippen molar-refractivity contribution < 1.29 is 66.9 Å². The number of ether oxygens (including phenoxy) is 5. The molecule has 0 bridgehead atoms. The molecular formula is C24H33NO14. The van der Waals surface area contributed by atoms with Crippen LogP contribution in [0.1, 0.15) is 74.7 Å². The smallest absolute Gasteiger partial charge is 0.377 e. The first-order valence-electron chi connectivity index (χ1n) is 11.8. The summed E-state index contributed by atoms with van der Waals surface area (Å²) in [6.07, 6.45) is -8.05. The van der Waals surface area contributed by atoms with Crippen LogP contribution in [-0.4, -0.2) is 82.2 Å². The van der Waals surface area contributed by atoms with E-state index in [1.807, 2.05) is 0 Å². The Balaban J connectivity index is 3.33. The first-order valence-corrected chi connectivity index (χ1v) is 11.8. The summed E-state index contributed by atoms with van der Waals surface area (Å²) < 4.78 is 25.1. The van der Waals surface area contributed by atoms with Crippen LogP contribution in [0.2, 0.25) is 0 Å². The number of nitrogens with zero attached hydrogens (tertiary/aromatic N) is 1. The van der Waals surface area contributed by atoms with Gasteiger partial charge in [-0.2, -0.15) is 0 Å². The number of hydrogen-bond acceptors (Lipinski definition) is 14. The minimum absolute atomic E-state index is 0.112. The molecule has 39 heavy (non-hydrogen) atoms. The summed E-state index contributed by atoms with van der Waals surface area (Å²) in [5.74, 6) is -9.48. The summed E-state index contributed by atoms with van der Waals surface area (Å²) in [6, 6.07) is 0. The molecule has 15 nitrogen and oxygen atoms in total. The molecular weight excluding hydrogens is 526 g/mol. The van der Waals surface area contributed by atoms with Gasteiger partial charge in [0.05, 0.1) is 6.42 Å². The van der Waals surface area contributed by atoms with Crippen molar-refractivity contribution in [3.05, 3.63) is 0 Å². The van der Waals surface area contributed by atoms with Gasteiger partial charge in [0.15, 0.2) is 0 Å². The van der Waals surface area contributed by atoms with Gasteiger partial charge in [-0.05, 0) is 41.5 Å². The largest absolute Gasteiger partial charge is 0.460 e. The lowest BCUT2D eigenvalue weighted by molar-refractivity contribution is -0.215. The SMILES string of the molecule is CC(=O)O[C@@H](C(=O)O[C@@H](CC(=O)OC(C)(C)C)C(=O)OC(C)(C)C)[C@@H](OC(C)=O)C(=O)ON1C(=O)CCC1=O. The minimum atomic E-state index is -2.38. The second-order valence-corrected chi connectivity index (χ2v) is 10.3. The Hall–Kier alpha value is -4.04. The summed E-state index contributed by atoms with van der Waals surface area (Å²) in [4.78, 5) is 103. The molecule has 0 radical (unpaired) electrons. The summed E-state index contributed by atoms with van der Waals surface area (Å²) >= 11 is 0. The third-order valence-corrected chi connectivity index (χ3v) is 4.21. The Morgan fingerprint density at radius 1 is 0.692 bits per heavy atom. The van der Waals surface area contributed by atoms with Crippen LogP contribution < -0.4 is 0 Å². The Kier molecular flexibility index (Phi) is 11.1. The number of hydroxylamine groups is 2. The molecule has 0 spiro atoms. The Bertz CT molecular complexity index is 1000. The molecule has 1 rings (SSSR count). The topological polar surface area (TPSA) is 195 Å². The van der Waals surface area contributed by atoms with E-state index in [2.05, 4.69) is 0 Å². The molecule has 0 aromatic rings. The van der Waals surface area contributed by atoms with Crippen molar-refractivity contribution in [1.82, 2.24) is 5.06 Å². The fourth-order valence-corrected chi connectivity index (χ4v) is 2.91. The Morgan fingerprint density at radius 3 is 1.54 bits per heavy atom. The number of imide groups is 1. The van der Waals surface area contributed by atoms with Crippen molar-refractivity contribution in [2.24, 2.45) is 0 Å². The number of amides is 2. The van der Waals surface area contributed by atoms with Crippen molar-refractivity contribution in [3.8, 4) is 0 Å². The maximum absolute atomic E-state index is 13.1. The zero-order valence-electron chi connectivity index (χ0n) is 23.0. The van der Waals surface area contributed by atoms with Gasteiger partial charge in [-0.25, -0.2) is 14.4 Å². The van der Waals surface area contributed by atoms with Crippen LogP contribution in [-0.2, 0) is 66.9 Å². The van der Waals surface area contributed by atoms with Gasteiger partial charge >= 0.3 is 35.8 Å². The maximum Gasteiger partial charge on any atom is 0.377 e. The van der Waals surface area contributed by atoms with Crippen molar-refractivity contribution in [2.75, 3.05) is 0 Å². The van der Waals surface area contributed by atoms with E-state index in [4.69, 9.17) is 28.5 Å². The lowest BCUT2D eigenvalue weighted by Gasteiger charge is -2.28. The fourth-order valence-electron chi connectivity index (χ4n) is 2.91. The lowest BCUT2D eigenvalue weighted by atomic mass is 10.1. The second kappa shape index (κ2) is 13.2. The van der Waals surface area contributed by atoms with Gasteiger partial charge in [-0.1, -0.05) is 0 Å². The van der Waals surface area contributed by atoms with Crippen LogP contribution in [0.15, 0.2) is 0 Å². The highest BCUT2D eigenvalue weighted by Crippen LogP contribution is 2.20. The van der Waals surface area contributed by atoms with Crippen LogP contribution in [0.4, 0.5) is 0 Å². The monoisotopic (exact) mass is 559 g/mol. The average molecular weight is 560 g/mol. The molecule has 0 aromatic carbocycles. The summed E-state index contributed by atoms with van der Waals surface area (Å²) in [5, 5.41) is 0.112. The number of carbonyl (C=O) groups excluding carboxylic acids is 8. The molecule has 1 fully saturated rings. The standard InChI is InChI=1S/C24H33NO14/c1-12(26)34-18(19(35-13(2)27)22(33)39-25-15(28)9-10-16(25)29)21(32)36-14(20(31)38-24(6,7)8)11-17(30)37-23(3,4)5/h14,18-19H,9-11H2,1-8H3/t14-,18+,19+/m0/s1. The molecule has 1 aliphatic rings. The van der Waals surface area contributed by atoms with E-state index in [-0.39, 0.29) is 17.9 Å². The molecule has 218 valence electrons. The van der Waals surface area contributed by atoms with E-state index < -0.39 is 83.6 Å². The van der Waals surface area contributed by atoms with Crippen molar-refractivity contribution in [3.63, 3.8) is 0 Å². The van der Waals surface area contributed by atoms with Crippen LogP contribution in [0, 0.1) is 0 Å².